The lowest BCUT2D eigenvalue weighted by Gasteiger charge is -2.16. The number of nitrogens with zero attached hydrogens (tertiary/aromatic N) is 5. The van der Waals surface area contributed by atoms with Gasteiger partial charge in [-0.2, -0.15) is 18.3 Å². The Kier molecular flexibility index (Phi) is 7.26. The number of alkyl halides is 3. The van der Waals surface area contributed by atoms with E-state index in [1.165, 1.54) is 0 Å². The summed E-state index contributed by atoms with van der Waals surface area (Å²) in [6.07, 6.45) is 3.23. The second kappa shape index (κ2) is 10.6. The first-order valence-electron chi connectivity index (χ1n) is 12.9. The average molecular weight is 538 g/mol. The third-order valence-electron chi connectivity index (χ3n) is 7.25. The first kappa shape index (κ1) is 26.6. The fourth-order valence-electron chi connectivity index (χ4n) is 4.88. The molecule has 0 atom stereocenters. The molecule has 1 aliphatic carbocycles. The molecule has 0 bridgehead atoms. The van der Waals surface area contributed by atoms with Gasteiger partial charge in [0.25, 0.3) is 5.91 Å². The molecular formula is C28H30F3N7O. The molecule has 204 valence electrons. The van der Waals surface area contributed by atoms with Crippen LogP contribution in [0.3, 0.4) is 0 Å². The lowest BCUT2D eigenvalue weighted by atomic mass is 10.1. The number of benzene rings is 2. The first-order chi connectivity index (χ1) is 18.6. The number of amides is 1. The van der Waals surface area contributed by atoms with Crippen LogP contribution in [0.5, 0.6) is 0 Å². The summed E-state index contributed by atoms with van der Waals surface area (Å²) in [6.45, 7) is 4.11. The van der Waals surface area contributed by atoms with E-state index in [-0.39, 0.29) is 11.3 Å². The molecule has 2 N–H and O–H groups in total. The maximum Gasteiger partial charge on any atom is 0.416 e. The number of anilines is 1. The normalized spacial score (nSPS) is 14.2. The zero-order chi connectivity index (χ0) is 27.7. The van der Waals surface area contributed by atoms with E-state index in [1.807, 2.05) is 20.9 Å². The third-order valence-corrected chi connectivity index (χ3v) is 7.25. The molecule has 1 amide bonds. The second-order valence-corrected chi connectivity index (χ2v) is 10.0. The number of aromatic nitrogens is 5. The van der Waals surface area contributed by atoms with Crippen LogP contribution in [-0.2, 0) is 19.8 Å². The second-order valence-electron chi connectivity index (χ2n) is 10.0. The summed E-state index contributed by atoms with van der Waals surface area (Å²) >= 11 is 0. The molecule has 39 heavy (non-hydrogen) atoms. The molecule has 0 radical (unpaired) electrons. The Balaban J connectivity index is 1.38. The van der Waals surface area contributed by atoms with Crippen molar-refractivity contribution in [1.82, 2.24) is 30.1 Å². The molecule has 1 fully saturated rings. The van der Waals surface area contributed by atoms with E-state index < -0.39 is 17.6 Å². The molecule has 2 aromatic carbocycles. The van der Waals surface area contributed by atoms with Gasteiger partial charge in [0.05, 0.1) is 23.6 Å². The summed E-state index contributed by atoms with van der Waals surface area (Å²) < 4.78 is 44.2. The van der Waals surface area contributed by atoms with Crippen LogP contribution in [0.25, 0.3) is 16.9 Å². The van der Waals surface area contributed by atoms with Crippen LogP contribution in [0.4, 0.5) is 18.9 Å². The smallest absolute Gasteiger partial charge is 0.322 e. The monoisotopic (exact) mass is 537 g/mol. The molecule has 5 rings (SSSR count). The fraction of sp³-hybridized carbons (Fsp3) is 0.357. The van der Waals surface area contributed by atoms with Crippen LogP contribution in [0.1, 0.15) is 58.4 Å². The summed E-state index contributed by atoms with van der Waals surface area (Å²) in [6, 6.07) is 9.04. The van der Waals surface area contributed by atoms with Gasteiger partial charge in [-0.05, 0) is 68.1 Å². The van der Waals surface area contributed by atoms with Gasteiger partial charge in [-0.1, -0.05) is 24.1 Å². The van der Waals surface area contributed by atoms with Gasteiger partial charge in [0.2, 0.25) is 0 Å². The Labute approximate surface area is 224 Å². The standard InChI is InChI=1S/C28H30F3N7O/c1-17-8-9-20(12-26(17)38-16-25(35-36-38)24-15-33-37(3)18(24)2)27(39)34-23-11-19(10-21(13-23)28(29,30)31)14-32-22-6-4-5-7-22/h8-13,15-16,22,32H,4-7,14H2,1-3H3,(H,34,39). The van der Waals surface area contributed by atoms with Gasteiger partial charge in [-0.3, -0.25) is 9.48 Å². The average Bonchev–Trinajstić information content (AvgIpc) is 3.65. The summed E-state index contributed by atoms with van der Waals surface area (Å²) in [4.78, 5) is 13.2. The quantitative estimate of drug-likeness (QED) is 0.321. The number of rotatable bonds is 7. The predicted molar refractivity (Wildman–Crippen MR) is 142 cm³/mol. The van der Waals surface area contributed by atoms with Crippen LogP contribution in [0, 0.1) is 13.8 Å². The van der Waals surface area contributed by atoms with Crippen molar-refractivity contribution in [3.63, 3.8) is 0 Å². The molecule has 0 aliphatic heterocycles. The Hall–Kier alpha value is -3.99. The van der Waals surface area contributed by atoms with Crippen LogP contribution >= 0.6 is 0 Å². The van der Waals surface area contributed by atoms with E-state index in [0.717, 1.165) is 54.6 Å². The number of aryl methyl sites for hydroxylation is 2. The van der Waals surface area contributed by atoms with E-state index in [9.17, 15) is 18.0 Å². The molecule has 2 heterocycles. The maximum atomic E-state index is 13.6. The molecule has 1 aliphatic rings. The zero-order valence-corrected chi connectivity index (χ0v) is 22.0. The summed E-state index contributed by atoms with van der Waals surface area (Å²) in [7, 11) is 1.84. The molecule has 1 saturated carbocycles. The number of carbonyl (C=O) groups is 1. The van der Waals surface area contributed by atoms with Crippen molar-refractivity contribution in [2.24, 2.45) is 7.05 Å². The number of hydrogen-bond acceptors (Lipinski definition) is 5. The van der Waals surface area contributed by atoms with Gasteiger partial charge in [-0.15, -0.1) is 5.10 Å². The maximum absolute atomic E-state index is 13.6. The van der Waals surface area contributed by atoms with E-state index in [4.69, 9.17) is 0 Å². The molecular weight excluding hydrogens is 507 g/mol. The lowest BCUT2D eigenvalue weighted by Crippen LogP contribution is -2.25. The van der Waals surface area contributed by atoms with Crippen molar-refractivity contribution in [1.29, 1.82) is 0 Å². The Morgan fingerprint density at radius 2 is 1.87 bits per heavy atom. The van der Waals surface area contributed by atoms with E-state index in [1.54, 1.807) is 46.0 Å². The fourth-order valence-corrected chi connectivity index (χ4v) is 4.88. The van der Waals surface area contributed by atoms with Crippen molar-refractivity contribution in [2.75, 3.05) is 5.32 Å². The highest BCUT2D eigenvalue weighted by molar-refractivity contribution is 6.04. The number of nitrogens with one attached hydrogen (secondary N) is 2. The topological polar surface area (TPSA) is 89.7 Å². The molecule has 4 aromatic rings. The van der Waals surface area contributed by atoms with Crippen molar-refractivity contribution in [3.05, 3.63) is 76.7 Å². The van der Waals surface area contributed by atoms with Gasteiger partial charge in [0.1, 0.15) is 5.69 Å². The van der Waals surface area contributed by atoms with Crippen LogP contribution in [-0.4, -0.2) is 36.7 Å². The lowest BCUT2D eigenvalue weighted by molar-refractivity contribution is -0.137. The largest absolute Gasteiger partial charge is 0.416 e. The van der Waals surface area contributed by atoms with Crippen LogP contribution < -0.4 is 10.6 Å². The van der Waals surface area contributed by atoms with Crippen LogP contribution in [0.15, 0.2) is 48.8 Å². The minimum absolute atomic E-state index is 0.0928. The van der Waals surface area contributed by atoms with E-state index >= 15 is 0 Å². The first-order valence-corrected chi connectivity index (χ1v) is 12.9. The zero-order valence-electron chi connectivity index (χ0n) is 22.0. The highest BCUT2D eigenvalue weighted by Gasteiger charge is 2.31. The van der Waals surface area contributed by atoms with Gasteiger partial charge >= 0.3 is 6.18 Å². The third kappa shape index (κ3) is 5.88. The Morgan fingerprint density at radius 1 is 1.10 bits per heavy atom. The van der Waals surface area contributed by atoms with Gasteiger partial charge < -0.3 is 10.6 Å². The number of carbonyl (C=O) groups excluding carboxylic acids is 1. The van der Waals surface area contributed by atoms with Gasteiger partial charge in [0.15, 0.2) is 0 Å². The molecule has 11 heteroatoms. The Bertz CT molecular complexity index is 1500. The van der Waals surface area contributed by atoms with Crippen LogP contribution in [0.2, 0.25) is 0 Å². The van der Waals surface area contributed by atoms with Gasteiger partial charge in [0, 0.05) is 42.1 Å². The SMILES string of the molecule is Cc1ccc(C(=O)Nc2cc(CNC3CCCC3)cc(C(F)(F)F)c2)cc1-n1cc(-c2cnn(C)c2C)nn1. The van der Waals surface area contributed by atoms with Crippen molar-refractivity contribution in [2.45, 2.75) is 58.3 Å². The van der Waals surface area contributed by atoms with E-state index in [2.05, 4.69) is 26.0 Å². The molecule has 8 nitrogen and oxygen atoms in total. The molecule has 2 aromatic heterocycles. The minimum Gasteiger partial charge on any atom is -0.322 e. The highest BCUT2D eigenvalue weighted by atomic mass is 19.4. The number of halogens is 3. The molecule has 0 saturated heterocycles. The summed E-state index contributed by atoms with van der Waals surface area (Å²) in [5.74, 6) is -0.520. The summed E-state index contributed by atoms with van der Waals surface area (Å²) in [5, 5.41) is 18.7. The highest BCUT2D eigenvalue weighted by Crippen LogP contribution is 2.32. The molecule has 0 spiro atoms. The predicted octanol–water partition coefficient (Wildman–Crippen LogP) is 5.59. The van der Waals surface area contributed by atoms with Crippen molar-refractivity contribution in [3.8, 4) is 16.9 Å². The van der Waals surface area contributed by atoms with Gasteiger partial charge in [-0.25, -0.2) is 4.68 Å². The number of hydrogen-bond donors (Lipinski definition) is 2. The van der Waals surface area contributed by atoms with Crippen molar-refractivity contribution >= 4 is 11.6 Å². The van der Waals surface area contributed by atoms with Crippen molar-refractivity contribution < 1.29 is 18.0 Å². The molecule has 0 unspecified atom stereocenters. The Morgan fingerprint density at radius 3 is 2.56 bits per heavy atom. The summed E-state index contributed by atoms with van der Waals surface area (Å²) in [5.41, 5.74) is 3.95. The minimum atomic E-state index is -4.53. The van der Waals surface area contributed by atoms with E-state index in [0.29, 0.717) is 29.5 Å².